The van der Waals surface area contributed by atoms with Crippen LogP contribution >= 0.6 is 11.6 Å². The molecule has 1 atom stereocenters. The molecule has 36 heavy (non-hydrogen) atoms. The number of nitrogens with two attached hydrogens (primary N) is 2. The van der Waals surface area contributed by atoms with Crippen LogP contribution in [-0.2, 0) is 4.79 Å². The van der Waals surface area contributed by atoms with E-state index in [-0.39, 0.29) is 41.0 Å². The van der Waals surface area contributed by atoms with Gasteiger partial charge in [0.05, 0.1) is 16.8 Å². The second-order valence-corrected chi connectivity index (χ2v) is 8.94. The van der Waals surface area contributed by atoms with Crippen LogP contribution in [-0.4, -0.2) is 43.0 Å². The fourth-order valence-electron chi connectivity index (χ4n) is 4.53. The predicted octanol–water partition coefficient (Wildman–Crippen LogP) is 3.45. The number of nitrogens with zero attached hydrogens (tertiary/aromatic N) is 5. The normalized spacial score (nSPS) is 15.7. The Kier molecular flexibility index (Phi) is 6.11. The molecule has 0 radical (unpaired) electrons. The first-order chi connectivity index (χ1) is 17.3. The van der Waals surface area contributed by atoms with Crippen LogP contribution in [0.25, 0.3) is 16.9 Å². The van der Waals surface area contributed by atoms with Crippen molar-refractivity contribution >= 4 is 40.4 Å². The second kappa shape index (κ2) is 9.38. The summed E-state index contributed by atoms with van der Waals surface area (Å²) in [6.45, 7) is 4.33. The first kappa shape index (κ1) is 23.4. The number of carbonyl (C=O) groups excluding carboxylic acids is 1. The Hall–Kier alpha value is -4.31. The molecule has 1 aliphatic heterocycles. The van der Waals surface area contributed by atoms with Crippen molar-refractivity contribution in [1.29, 1.82) is 0 Å². The molecule has 1 saturated heterocycles. The lowest BCUT2D eigenvalue weighted by Gasteiger charge is -2.32. The molecule has 10 nitrogen and oxygen atoms in total. The summed E-state index contributed by atoms with van der Waals surface area (Å²) >= 11 is 5.85. The molecule has 4 aromatic rings. The molecule has 1 amide bonds. The van der Waals surface area contributed by atoms with Crippen molar-refractivity contribution in [2.45, 2.75) is 18.9 Å². The minimum Gasteiger partial charge on any atom is -0.457 e. The van der Waals surface area contributed by atoms with E-state index in [1.165, 1.54) is 9.13 Å². The zero-order chi connectivity index (χ0) is 25.4. The number of nitrogen functional groups attached to an aromatic ring is 2. The van der Waals surface area contributed by atoms with Gasteiger partial charge in [-0.3, -0.25) is 13.9 Å². The van der Waals surface area contributed by atoms with Crippen LogP contribution in [0.2, 0.25) is 0 Å². The number of amides is 1. The first-order valence-corrected chi connectivity index (χ1v) is 11.7. The van der Waals surface area contributed by atoms with Crippen molar-refractivity contribution < 1.29 is 9.53 Å². The van der Waals surface area contributed by atoms with Gasteiger partial charge in [-0.05, 0) is 49.2 Å². The number of aromatic nitrogens is 4. The highest BCUT2D eigenvalue weighted by Gasteiger charge is 2.30. The highest BCUT2D eigenvalue weighted by molar-refractivity contribution is 6.41. The van der Waals surface area contributed by atoms with Crippen LogP contribution in [0.1, 0.15) is 18.9 Å². The minimum atomic E-state index is -0.364. The van der Waals surface area contributed by atoms with Gasteiger partial charge in [0.1, 0.15) is 17.0 Å². The lowest BCUT2D eigenvalue weighted by molar-refractivity contribution is -0.128. The number of piperidine rings is 1. The minimum absolute atomic E-state index is 0.0459. The molecular weight excluding hydrogens is 482 g/mol. The monoisotopic (exact) mass is 505 g/mol. The number of imidazole rings is 1. The molecule has 1 fully saturated rings. The van der Waals surface area contributed by atoms with E-state index in [4.69, 9.17) is 27.8 Å². The number of ether oxygens (including phenoxy) is 1. The summed E-state index contributed by atoms with van der Waals surface area (Å²) in [5.41, 5.74) is 13.0. The Bertz CT molecular complexity index is 1510. The van der Waals surface area contributed by atoms with Gasteiger partial charge in [-0.15, -0.1) is 0 Å². The third-order valence-electron chi connectivity index (χ3n) is 6.11. The summed E-state index contributed by atoms with van der Waals surface area (Å²) in [6.07, 6.45) is 1.34. The maximum Gasteiger partial charge on any atom is 0.335 e. The number of anilines is 2. The number of hydrogen-bond acceptors (Lipinski definition) is 7. The Balaban J connectivity index is 1.58. The molecule has 2 aromatic carbocycles. The van der Waals surface area contributed by atoms with E-state index in [0.29, 0.717) is 47.7 Å². The van der Waals surface area contributed by atoms with Crippen LogP contribution in [0.5, 0.6) is 11.5 Å². The molecule has 0 saturated carbocycles. The van der Waals surface area contributed by atoms with Gasteiger partial charge >= 0.3 is 5.69 Å². The summed E-state index contributed by atoms with van der Waals surface area (Å²) in [5.74, 6) is 0.980. The van der Waals surface area contributed by atoms with E-state index in [1.807, 2.05) is 30.3 Å². The summed E-state index contributed by atoms with van der Waals surface area (Å²) in [5, 5.41) is -0.0703. The van der Waals surface area contributed by atoms with E-state index in [1.54, 1.807) is 29.2 Å². The highest BCUT2D eigenvalue weighted by Crippen LogP contribution is 2.29. The Labute approximate surface area is 211 Å². The Morgan fingerprint density at radius 3 is 2.44 bits per heavy atom. The molecule has 5 rings (SSSR count). The van der Waals surface area contributed by atoms with Gasteiger partial charge in [0.25, 0.3) is 5.91 Å². The summed E-state index contributed by atoms with van der Waals surface area (Å²) in [6, 6.07) is 16.1. The lowest BCUT2D eigenvalue weighted by Crippen LogP contribution is -2.43. The quantitative estimate of drug-likeness (QED) is 0.396. The van der Waals surface area contributed by atoms with Crippen molar-refractivity contribution in [3.8, 4) is 17.2 Å². The van der Waals surface area contributed by atoms with Crippen LogP contribution in [0.4, 0.5) is 11.8 Å². The van der Waals surface area contributed by atoms with Gasteiger partial charge in [-0.2, -0.15) is 9.97 Å². The second-order valence-electron chi connectivity index (χ2n) is 8.49. The van der Waals surface area contributed by atoms with Gasteiger partial charge in [-0.25, -0.2) is 4.79 Å². The standard InChI is InChI=1S/C25H24ClN7O3/c1-15(26)23(34)31-13-5-6-17(14-31)33-22-20(21(27)29-24(28)30-22)32(25(33)35)16-9-11-19(12-10-16)36-18-7-3-2-4-8-18/h2-4,7-12,17H,1,5-6,13-14H2,(H4,27,28,29,30). The molecule has 2 aromatic heterocycles. The number of likely N-dealkylation sites (tertiary alicyclic amines) is 1. The first-order valence-electron chi connectivity index (χ1n) is 11.4. The van der Waals surface area contributed by atoms with Crippen LogP contribution in [0, 0.1) is 0 Å². The molecule has 1 unspecified atom stereocenters. The van der Waals surface area contributed by atoms with Gasteiger partial charge in [0.2, 0.25) is 5.95 Å². The summed E-state index contributed by atoms with van der Waals surface area (Å²) in [7, 11) is 0. The fourth-order valence-corrected chi connectivity index (χ4v) is 4.65. The van der Waals surface area contributed by atoms with Crippen molar-refractivity contribution in [2.75, 3.05) is 24.6 Å². The highest BCUT2D eigenvalue weighted by atomic mass is 35.5. The van der Waals surface area contributed by atoms with Gasteiger partial charge in [0.15, 0.2) is 11.5 Å². The third kappa shape index (κ3) is 4.27. The number of para-hydroxylation sites is 1. The lowest BCUT2D eigenvalue weighted by atomic mass is 10.1. The number of halogens is 1. The average molecular weight is 506 g/mol. The third-order valence-corrected chi connectivity index (χ3v) is 6.28. The van der Waals surface area contributed by atoms with Crippen LogP contribution in [0.15, 0.2) is 71.0 Å². The maximum absolute atomic E-state index is 13.8. The Morgan fingerprint density at radius 2 is 1.75 bits per heavy atom. The van der Waals surface area contributed by atoms with Gasteiger partial charge in [0, 0.05) is 13.1 Å². The molecule has 3 heterocycles. The zero-order valence-corrected chi connectivity index (χ0v) is 20.1. The number of hydrogen-bond donors (Lipinski definition) is 2. The van der Waals surface area contributed by atoms with Crippen molar-refractivity contribution in [2.24, 2.45) is 0 Å². The molecule has 0 spiro atoms. The smallest absolute Gasteiger partial charge is 0.335 e. The number of benzene rings is 2. The number of fused-ring (bicyclic) bond motifs is 1. The SMILES string of the molecule is C=C(Cl)C(=O)N1CCCC(n2c(=O)n(-c3ccc(Oc4ccccc4)cc3)c3c(N)nc(N)nc32)C1. The molecule has 4 N–H and O–H groups in total. The van der Waals surface area contributed by atoms with E-state index >= 15 is 0 Å². The van der Waals surface area contributed by atoms with Crippen molar-refractivity contribution in [3.05, 3.63) is 76.7 Å². The molecule has 11 heteroatoms. The molecule has 1 aliphatic rings. The van der Waals surface area contributed by atoms with Crippen LogP contribution < -0.4 is 21.9 Å². The topological polar surface area (TPSA) is 134 Å². The van der Waals surface area contributed by atoms with Gasteiger partial charge in [-0.1, -0.05) is 36.4 Å². The van der Waals surface area contributed by atoms with Gasteiger partial charge < -0.3 is 21.1 Å². The number of carbonyl (C=O) groups is 1. The Morgan fingerprint density at radius 1 is 1.06 bits per heavy atom. The fraction of sp³-hybridized carbons (Fsp3) is 0.200. The van der Waals surface area contributed by atoms with E-state index in [9.17, 15) is 9.59 Å². The summed E-state index contributed by atoms with van der Waals surface area (Å²) < 4.78 is 8.86. The molecule has 0 aliphatic carbocycles. The largest absolute Gasteiger partial charge is 0.457 e. The molecular formula is C25H24ClN7O3. The maximum atomic E-state index is 13.8. The molecule has 184 valence electrons. The zero-order valence-electron chi connectivity index (χ0n) is 19.3. The van der Waals surface area contributed by atoms with Crippen molar-refractivity contribution in [1.82, 2.24) is 24.0 Å². The van der Waals surface area contributed by atoms with Crippen molar-refractivity contribution in [3.63, 3.8) is 0 Å². The predicted molar refractivity (Wildman–Crippen MR) is 138 cm³/mol. The molecule has 0 bridgehead atoms. The van der Waals surface area contributed by atoms with E-state index in [0.717, 1.165) is 0 Å². The number of rotatable bonds is 5. The average Bonchev–Trinajstić information content (AvgIpc) is 3.16. The van der Waals surface area contributed by atoms with E-state index in [2.05, 4.69) is 16.5 Å². The van der Waals surface area contributed by atoms with Crippen LogP contribution in [0.3, 0.4) is 0 Å². The van der Waals surface area contributed by atoms with E-state index < -0.39 is 0 Å². The summed E-state index contributed by atoms with van der Waals surface area (Å²) in [4.78, 5) is 36.3.